The van der Waals surface area contributed by atoms with Gasteiger partial charge in [-0.25, -0.2) is 0 Å². The van der Waals surface area contributed by atoms with Crippen LogP contribution in [0, 0.1) is 11.8 Å². The first-order valence-electron chi connectivity index (χ1n) is 7.16. The number of carbonyl (C=O) groups excluding carboxylic acids is 1. The minimum absolute atomic E-state index is 0.178. The number of aliphatic hydroxyl groups is 1. The highest BCUT2D eigenvalue weighted by atomic mass is 16.5. The molecular formula is C14H27NO4. The Hall–Kier alpha value is -0.650. The summed E-state index contributed by atoms with van der Waals surface area (Å²) in [5.74, 6) is 0.245. The summed E-state index contributed by atoms with van der Waals surface area (Å²) in [6.45, 7) is 7.10. The van der Waals surface area contributed by atoms with Crippen LogP contribution >= 0.6 is 0 Å². The molecule has 0 bridgehead atoms. The van der Waals surface area contributed by atoms with E-state index in [1.54, 1.807) is 0 Å². The fourth-order valence-electron chi connectivity index (χ4n) is 2.57. The minimum atomic E-state index is -0.492. The number of nitrogens with two attached hydrogens (primary N) is 1. The van der Waals surface area contributed by atoms with Crippen LogP contribution in [0.2, 0.25) is 0 Å². The van der Waals surface area contributed by atoms with Gasteiger partial charge in [0.15, 0.2) is 0 Å². The van der Waals surface area contributed by atoms with Crippen molar-refractivity contribution in [1.82, 2.24) is 0 Å². The molecule has 0 aromatic heterocycles. The van der Waals surface area contributed by atoms with Crippen LogP contribution in [0.4, 0.5) is 0 Å². The van der Waals surface area contributed by atoms with Gasteiger partial charge in [0.1, 0.15) is 6.10 Å². The lowest BCUT2D eigenvalue weighted by atomic mass is 9.80. The Kier molecular flexibility index (Phi) is 6.75. The predicted molar refractivity (Wildman–Crippen MR) is 72.5 cm³/mol. The monoisotopic (exact) mass is 273 g/mol. The molecule has 5 atom stereocenters. The van der Waals surface area contributed by atoms with Crippen molar-refractivity contribution in [3.63, 3.8) is 0 Å². The quantitative estimate of drug-likeness (QED) is 0.680. The normalized spacial score (nSPS) is 35.3. The Morgan fingerprint density at radius 2 is 2.00 bits per heavy atom. The van der Waals surface area contributed by atoms with Crippen molar-refractivity contribution in [2.45, 2.75) is 58.3 Å². The summed E-state index contributed by atoms with van der Waals surface area (Å²) in [6, 6.07) is 0. The number of aliphatic hydroxyl groups excluding tert-OH is 1. The third-order valence-electron chi connectivity index (χ3n) is 4.08. The minimum Gasteiger partial charge on any atom is -0.390 e. The second-order valence-electron chi connectivity index (χ2n) is 5.47. The summed E-state index contributed by atoms with van der Waals surface area (Å²) in [5.41, 5.74) is 5.05. The molecular weight excluding hydrogens is 246 g/mol. The number of amides is 1. The maximum Gasteiger partial charge on any atom is 0.217 e. The van der Waals surface area contributed by atoms with E-state index in [9.17, 15) is 9.90 Å². The van der Waals surface area contributed by atoms with Crippen molar-refractivity contribution in [1.29, 1.82) is 0 Å². The third-order valence-corrected chi connectivity index (χ3v) is 4.08. The largest absolute Gasteiger partial charge is 0.390 e. The molecule has 1 rings (SSSR count). The van der Waals surface area contributed by atoms with E-state index in [-0.39, 0.29) is 24.0 Å². The number of carbonyl (C=O) groups is 1. The van der Waals surface area contributed by atoms with Crippen LogP contribution in [-0.2, 0) is 14.3 Å². The fourth-order valence-corrected chi connectivity index (χ4v) is 2.57. The third kappa shape index (κ3) is 4.75. The van der Waals surface area contributed by atoms with Gasteiger partial charge in [0.25, 0.3) is 0 Å². The summed E-state index contributed by atoms with van der Waals surface area (Å²) < 4.78 is 11.4. The molecule has 2 unspecified atom stereocenters. The maximum absolute atomic E-state index is 10.6. The summed E-state index contributed by atoms with van der Waals surface area (Å²) in [5, 5.41) is 10.2. The van der Waals surface area contributed by atoms with Crippen LogP contribution < -0.4 is 5.73 Å². The van der Waals surface area contributed by atoms with Crippen LogP contribution in [0.25, 0.3) is 0 Å². The Balaban J connectivity index is 2.33. The molecule has 3 N–H and O–H groups in total. The molecule has 0 aliphatic carbocycles. The molecule has 1 amide bonds. The maximum atomic E-state index is 10.6. The topological polar surface area (TPSA) is 81.8 Å². The van der Waals surface area contributed by atoms with Gasteiger partial charge in [-0.2, -0.15) is 0 Å². The highest BCUT2D eigenvalue weighted by molar-refractivity contribution is 5.73. The molecule has 1 saturated heterocycles. The summed E-state index contributed by atoms with van der Waals surface area (Å²) in [7, 11) is 0. The summed E-state index contributed by atoms with van der Waals surface area (Å²) in [4.78, 5) is 10.6. The molecule has 1 heterocycles. The van der Waals surface area contributed by atoms with Crippen LogP contribution in [0.15, 0.2) is 0 Å². The first-order chi connectivity index (χ1) is 8.97. The van der Waals surface area contributed by atoms with Crippen LogP contribution in [-0.4, -0.2) is 42.5 Å². The molecule has 112 valence electrons. The van der Waals surface area contributed by atoms with Crippen LogP contribution in [0.5, 0.6) is 0 Å². The highest BCUT2D eigenvalue weighted by Gasteiger charge is 2.39. The second kappa shape index (κ2) is 7.82. The number of primary amides is 1. The molecule has 1 fully saturated rings. The van der Waals surface area contributed by atoms with Crippen molar-refractivity contribution in [3.05, 3.63) is 0 Å². The van der Waals surface area contributed by atoms with Crippen LogP contribution in [0.3, 0.4) is 0 Å². The lowest BCUT2D eigenvalue weighted by molar-refractivity contribution is -0.186. The number of hydrogen-bond donors (Lipinski definition) is 2. The molecule has 0 saturated carbocycles. The molecule has 5 nitrogen and oxygen atoms in total. The van der Waals surface area contributed by atoms with Gasteiger partial charge < -0.3 is 20.3 Å². The summed E-state index contributed by atoms with van der Waals surface area (Å²) >= 11 is 0. The van der Waals surface area contributed by atoms with E-state index in [0.29, 0.717) is 32.0 Å². The second-order valence-corrected chi connectivity index (χ2v) is 5.47. The van der Waals surface area contributed by atoms with Gasteiger partial charge in [0, 0.05) is 13.0 Å². The Morgan fingerprint density at radius 3 is 2.58 bits per heavy atom. The van der Waals surface area contributed by atoms with Gasteiger partial charge in [0.2, 0.25) is 5.91 Å². The Morgan fingerprint density at radius 1 is 1.32 bits per heavy atom. The van der Waals surface area contributed by atoms with E-state index < -0.39 is 6.10 Å². The number of rotatable bonds is 7. The van der Waals surface area contributed by atoms with E-state index in [2.05, 4.69) is 20.8 Å². The first-order valence-corrected chi connectivity index (χ1v) is 7.16. The average Bonchev–Trinajstić information content (AvgIpc) is 2.37. The van der Waals surface area contributed by atoms with Gasteiger partial charge in [-0.05, 0) is 24.7 Å². The van der Waals surface area contributed by atoms with Gasteiger partial charge in [-0.15, -0.1) is 0 Å². The van der Waals surface area contributed by atoms with Crippen molar-refractivity contribution < 1.29 is 19.4 Å². The number of hydrogen-bond acceptors (Lipinski definition) is 4. The zero-order valence-electron chi connectivity index (χ0n) is 12.2. The van der Waals surface area contributed by atoms with E-state index in [0.717, 1.165) is 6.42 Å². The van der Waals surface area contributed by atoms with Crippen LogP contribution in [0.1, 0.15) is 40.0 Å². The van der Waals surface area contributed by atoms with E-state index in [1.165, 1.54) is 0 Å². The molecule has 5 heteroatoms. The zero-order chi connectivity index (χ0) is 14.4. The van der Waals surface area contributed by atoms with Gasteiger partial charge in [-0.3, -0.25) is 4.79 Å². The van der Waals surface area contributed by atoms with Gasteiger partial charge in [0.05, 0.1) is 18.8 Å². The van der Waals surface area contributed by atoms with Crippen molar-refractivity contribution in [3.8, 4) is 0 Å². The van der Waals surface area contributed by atoms with Gasteiger partial charge >= 0.3 is 0 Å². The standard InChI is InChI=1S/C14H27NO4/c1-4-11-9(2)10(3)14(17)12(19-11)8-18-7-5-6-13(15)16/h9-12,14,17H,4-8H2,1-3H3,(H2,15,16)/t9?,10-,11+,12-,14?/m0/s1. The van der Waals surface area contributed by atoms with Gasteiger partial charge in [-0.1, -0.05) is 20.8 Å². The molecule has 1 aliphatic rings. The SMILES string of the molecule is CC[C@H]1O[C@@H](COCCCC(N)=O)C(O)[C@@H](C)C1C. The van der Waals surface area contributed by atoms with Crippen molar-refractivity contribution >= 4 is 5.91 Å². The highest BCUT2D eigenvalue weighted by Crippen LogP contribution is 2.32. The number of ether oxygens (including phenoxy) is 2. The molecule has 0 aromatic carbocycles. The zero-order valence-corrected chi connectivity index (χ0v) is 12.2. The van der Waals surface area contributed by atoms with E-state index >= 15 is 0 Å². The molecule has 1 aliphatic heterocycles. The first kappa shape index (κ1) is 16.4. The average molecular weight is 273 g/mol. The Bertz CT molecular complexity index is 283. The molecule has 0 spiro atoms. The summed E-state index contributed by atoms with van der Waals surface area (Å²) in [6.07, 6.45) is 1.30. The lowest BCUT2D eigenvalue weighted by Gasteiger charge is -2.42. The van der Waals surface area contributed by atoms with E-state index in [1.807, 2.05) is 0 Å². The molecule has 0 radical (unpaired) electrons. The van der Waals surface area contributed by atoms with E-state index in [4.69, 9.17) is 15.2 Å². The lowest BCUT2D eigenvalue weighted by Crippen LogP contribution is -2.50. The van der Waals surface area contributed by atoms with Crippen molar-refractivity contribution in [2.75, 3.05) is 13.2 Å². The van der Waals surface area contributed by atoms with Crippen molar-refractivity contribution in [2.24, 2.45) is 17.6 Å². The molecule has 0 aromatic rings. The molecule has 19 heavy (non-hydrogen) atoms. The Labute approximate surface area is 115 Å². The fraction of sp³-hybridized carbons (Fsp3) is 0.929. The predicted octanol–water partition coefficient (Wildman–Crippen LogP) is 1.08. The smallest absolute Gasteiger partial charge is 0.217 e.